The third-order valence-electron chi connectivity index (χ3n) is 8.69. The Balaban J connectivity index is 1.26. The van der Waals surface area contributed by atoms with Crippen LogP contribution in [0.4, 0.5) is 0 Å². The first-order valence-corrected chi connectivity index (χ1v) is 18.0. The molecule has 0 aliphatic carbocycles. The van der Waals surface area contributed by atoms with Gasteiger partial charge in [-0.3, -0.25) is 19.2 Å². The van der Waals surface area contributed by atoms with Crippen molar-refractivity contribution in [3.63, 3.8) is 0 Å². The summed E-state index contributed by atoms with van der Waals surface area (Å²) in [6.45, 7) is 0.883. The molecule has 4 atom stereocenters. The first-order chi connectivity index (χ1) is 24.2. The maximum Gasteiger partial charge on any atom is 0.289 e. The number of amides is 3. The van der Waals surface area contributed by atoms with Crippen LogP contribution in [0.1, 0.15) is 48.2 Å². The van der Waals surface area contributed by atoms with Gasteiger partial charge in [0, 0.05) is 18.0 Å². The Bertz CT molecular complexity index is 1720. The summed E-state index contributed by atoms with van der Waals surface area (Å²) >= 11 is 7.45. The highest BCUT2D eigenvalue weighted by atomic mass is 35.5. The SMILES string of the molecule is NCCCC[C@H](NC(=O)[C@@H]1C[C@@H](OCc2ccc(Cl)cc2)CN1C(=O)[C@H](N)CCc1ccccc1)C(=O)C(=O)NCc1nc2ccccc2s1. The fourth-order valence-electron chi connectivity index (χ4n) is 5.93. The van der Waals surface area contributed by atoms with Crippen molar-refractivity contribution >= 4 is 56.7 Å². The number of nitrogens with two attached hydrogens (primary N) is 2. The Morgan fingerprint density at radius 1 is 0.960 bits per heavy atom. The Kier molecular flexibility index (Phi) is 13.5. The third kappa shape index (κ3) is 10.2. The van der Waals surface area contributed by atoms with Gasteiger partial charge in [0.2, 0.25) is 17.6 Å². The number of unbranched alkanes of at least 4 members (excludes halogenated alkanes) is 1. The smallest absolute Gasteiger partial charge is 0.289 e. The molecule has 50 heavy (non-hydrogen) atoms. The predicted octanol–water partition coefficient (Wildman–Crippen LogP) is 3.90. The summed E-state index contributed by atoms with van der Waals surface area (Å²) in [7, 11) is 0. The van der Waals surface area contributed by atoms with E-state index in [1.54, 1.807) is 12.1 Å². The second kappa shape index (κ2) is 18.2. The van der Waals surface area contributed by atoms with Crippen molar-refractivity contribution in [2.75, 3.05) is 13.1 Å². The molecule has 1 saturated heterocycles. The number of aromatic nitrogens is 1. The molecule has 6 N–H and O–H groups in total. The van der Waals surface area contributed by atoms with Gasteiger partial charge in [0.1, 0.15) is 11.0 Å². The molecule has 11 nitrogen and oxygen atoms in total. The first kappa shape index (κ1) is 37.1. The fourth-order valence-corrected chi connectivity index (χ4v) is 6.97. The second-order valence-corrected chi connectivity index (χ2v) is 14.0. The lowest BCUT2D eigenvalue weighted by molar-refractivity contribution is -0.142. The Labute approximate surface area is 300 Å². The summed E-state index contributed by atoms with van der Waals surface area (Å²) in [4.78, 5) is 60.2. The zero-order valence-corrected chi connectivity index (χ0v) is 29.3. The second-order valence-electron chi connectivity index (χ2n) is 12.4. The lowest BCUT2D eigenvalue weighted by Crippen LogP contribution is -2.55. The van der Waals surface area contributed by atoms with E-state index in [0.29, 0.717) is 42.3 Å². The molecule has 2 heterocycles. The number of nitrogens with one attached hydrogen (secondary N) is 2. The standard InChI is InChI=1S/C37H43ClN6O5S/c38-26-16-13-25(14-17-26)23-49-27-20-31(44(22-27)37(48)28(40)18-15-24-8-2-1-3-9-24)35(46)43-30(11-6-7-19-39)34(45)36(47)41-21-33-42-29-10-4-5-12-32(29)50-33/h1-5,8-10,12-14,16-17,27-28,30-31H,6-7,11,15,18-23,39-40H2,(H,41,47)(H,43,46)/t27-,28-,30+,31+/m1/s1. The van der Waals surface area contributed by atoms with E-state index in [2.05, 4.69) is 15.6 Å². The predicted molar refractivity (Wildman–Crippen MR) is 194 cm³/mol. The summed E-state index contributed by atoms with van der Waals surface area (Å²) in [5, 5.41) is 6.71. The average Bonchev–Trinajstić information content (AvgIpc) is 3.76. The van der Waals surface area contributed by atoms with E-state index in [0.717, 1.165) is 21.3 Å². The van der Waals surface area contributed by atoms with Gasteiger partial charge in [0.15, 0.2) is 0 Å². The monoisotopic (exact) mass is 718 g/mol. The molecule has 3 amide bonds. The Morgan fingerprint density at radius 3 is 2.44 bits per heavy atom. The molecule has 0 bridgehead atoms. The van der Waals surface area contributed by atoms with Crippen molar-refractivity contribution in [2.24, 2.45) is 11.5 Å². The van der Waals surface area contributed by atoms with Gasteiger partial charge in [0.25, 0.3) is 5.91 Å². The van der Waals surface area contributed by atoms with E-state index in [1.165, 1.54) is 16.2 Å². The number of carbonyl (C=O) groups excluding carboxylic acids is 4. The van der Waals surface area contributed by atoms with Crippen LogP contribution in [-0.4, -0.2) is 70.7 Å². The number of ketones is 1. The molecule has 4 aromatic rings. The average molecular weight is 719 g/mol. The van der Waals surface area contributed by atoms with Crippen molar-refractivity contribution in [1.82, 2.24) is 20.5 Å². The van der Waals surface area contributed by atoms with Crippen molar-refractivity contribution < 1.29 is 23.9 Å². The number of aryl methyl sites for hydroxylation is 1. The number of nitrogens with zero attached hydrogens (tertiary/aromatic N) is 2. The zero-order chi connectivity index (χ0) is 35.5. The number of thiazole rings is 1. The number of hydrogen-bond acceptors (Lipinski definition) is 9. The van der Waals surface area contributed by atoms with Gasteiger partial charge < -0.3 is 31.7 Å². The maximum atomic E-state index is 13.9. The van der Waals surface area contributed by atoms with Gasteiger partial charge in [-0.15, -0.1) is 11.3 Å². The van der Waals surface area contributed by atoms with E-state index < -0.39 is 41.8 Å². The Hall–Kier alpha value is -4.20. The van der Waals surface area contributed by atoms with Crippen LogP contribution >= 0.6 is 22.9 Å². The minimum Gasteiger partial charge on any atom is -0.372 e. The minimum atomic E-state index is -1.11. The Morgan fingerprint density at radius 2 is 1.70 bits per heavy atom. The van der Waals surface area contributed by atoms with Gasteiger partial charge in [-0.05, 0) is 74.0 Å². The van der Waals surface area contributed by atoms with Gasteiger partial charge in [-0.25, -0.2) is 4.98 Å². The minimum absolute atomic E-state index is 0.0752. The molecular weight excluding hydrogens is 676 g/mol. The first-order valence-electron chi connectivity index (χ1n) is 16.8. The van der Waals surface area contributed by atoms with E-state index >= 15 is 0 Å². The molecule has 0 unspecified atom stereocenters. The number of carbonyl (C=O) groups is 4. The van der Waals surface area contributed by atoms with Crippen LogP contribution in [0, 0.1) is 0 Å². The summed E-state index contributed by atoms with van der Waals surface area (Å²) < 4.78 is 7.13. The van der Waals surface area contributed by atoms with Gasteiger partial charge >= 0.3 is 0 Å². The molecule has 3 aromatic carbocycles. The number of rotatable bonds is 17. The molecule has 5 rings (SSSR count). The number of halogens is 1. The van der Waals surface area contributed by atoms with Crippen LogP contribution in [0.5, 0.6) is 0 Å². The van der Waals surface area contributed by atoms with Crippen molar-refractivity contribution in [1.29, 1.82) is 0 Å². The molecule has 0 spiro atoms. The highest BCUT2D eigenvalue weighted by Gasteiger charge is 2.42. The van der Waals surface area contributed by atoms with E-state index in [4.69, 9.17) is 27.8 Å². The van der Waals surface area contributed by atoms with Gasteiger partial charge in [0.05, 0.1) is 41.6 Å². The third-order valence-corrected chi connectivity index (χ3v) is 9.98. The molecule has 1 aliphatic rings. The van der Waals surface area contributed by atoms with Crippen LogP contribution in [0.15, 0.2) is 78.9 Å². The normalized spacial score (nSPS) is 17.0. The molecule has 1 fully saturated rings. The zero-order valence-electron chi connectivity index (χ0n) is 27.8. The summed E-state index contributed by atoms with van der Waals surface area (Å²) in [6.07, 6.45) is 2.06. The topological polar surface area (TPSA) is 170 Å². The quantitative estimate of drug-likeness (QED) is 0.0942. The van der Waals surface area contributed by atoms with Crippen LogP contribution in [0.3, 0.4) is 0 Å². The van der Waals surface area contributed by atoms with Crippen LogP contribution < -0.4 is 22.1 Å². The molecule has 13 heteroatoms. The lowest BCUT2D eigenvalue weighted by atomic mass is 10.0. The number of hydrogen-bond donors (Lipinski definition) is 4. The van der Waals surface area contributed by atoms with Gasteiger partial charge in [-0.2, -0.15) is 0 Å². The van der Waals surface area contributed by atoms with Crippen molar-refractivity contribution in [2.45, 2.75) is 75.9 Å². The number of benzene rings is 3. The molecule has 1 aliphatic heterocycles. The van der Waals surface area contributed by atoms with Crippen LogP contribution in [0.25, 0.3) is 10.2 Å². The number of likely N-dealkylation sites (tertiary alicyclic amines) is 1. The summed E-state index contributed by atoms with van der Waals surface area (Å²) in [5.74, 6) is -2.52. The van der Waals surface area contributed by atoms with Crippen molar-refractivity contribution in [3.8, 4) is 0 Å². The molecule has 0 radical (unpaired) electrons. The molecule has 0 saturated carbocycles. The van der Waals surface area contributed by atoms with Gasteiger partial charge in [-0.1, -0.05) is 66.2 Å². The maximum absolute atomic E-state index is 13.9. The fraction of sp³-hybridized carbons (Fsp3) is 0.378. The molecular formula is C37H43ClN6O5S. The van der Waals surface area contributed by atoms with Crippen LogP contribution in [-0.2, 0) is 43.5 Å². The molecule has 1 aromatic heterocycles. The number of para-hydroxylation sites is 1. The highest BCUT2D eigenvalue weighted by Crippen LogP contribution is 2.25. The van der Waals surface area contributed by atoms with Crippen molar-refractivity contribution in [3.05, 3.63) is 100 Å². The molecule has 264 valence electrons. The highest BCUT2D eigenvalue weighted by molar-refractivity contribution is 7.18. The van der Waals surface area contributed by atoms with Crippen LogP contribution in [0.2, 0.25) is 5.02 Å². The summed E-state index contributed by atoms with van der Waals surface area (Å²) in [6, 6.07) is 21.7. The van der Waals surface area contributed by atoms with E-state index in [-0.39, 0.29) is 38.4 Å². The van der Waals surface area contributed by atoms with E-state index in [1.807, 2.05) is 66.7 Å². The summed E-state index contributed by atoms with van der Waals surface area (Å²) in [5.41, 5.74) is 14.9. The van der Waals surface area contributed by atoms with E-state index in [9.17, 15) is 19.2 Å². The largest absolute Gasteiger partial charge is 0.372 e. The lowest BCUT2D eigenvalue weighted by Gasteiger charge is -2.28. The number of Topliss-reactive ketones (excluding diaryl/α,β-unsaturated/α-hetero) is 1. The number of fused-ring (bicyclic) bond motifs is 1. The number of ether oxygens (including phenoxy) is 1.